The zero-order valence-corrected chi connectivity index (χ0v) is 15.3. The molecule has 0 N–H and O–H groups in total. The van der Waals surface area contributed by atoms with E-state index in [0.717, 1.165) is 0 Å². The molecule has 19 heavy (non-hydrogen) atoms. The fourth-order valence-corrected chi connectivity index (χ4v) is 3.49. The third-order valence-electron chi connectivity index (χ3n) is 3.83. The smallest absolute Gasteiger partial charge is 0.0385 e. The molecular formula is C18H32Si. The van der Waals surface area contributed by atoms with E-state index >= 15 is 0 Å². The summed E-state index contributed by atoms with van der Waals surface area (Å²) in [5.74, 6) is 0. The fraction of sp³-hybridized carbons (Fsp3) is 0.667. The van der Waals surface area contributed by atoms with Crippen LogP contribution in [0, 0.1) is 0 Å². The maximum absolute atomic E-state index is 2.47. The first-order chi connectivity index (χ1) is 9.26. The molecule has 0 fully saturated rings. The summed E-state index contributed by atoms with van der Waals surface area (Å²) in [5, 5.41) is 1.58. The lowest BCUT2D eigenvalue weighted by Gasteiger charge is -2.08. The van der Waals surface area contributed by atoms with Crippen molar-refractivity contribution < 1.29 is 0 Å². The van der Waals surface area contributed by atoms with Crippen molar-refractivity contribution in [1.29, 1.82) is 0 Å². The minimum absolute atomic E-state index is 1.19. The first kappa shape index (κ1) is 16.5. The Bertz CT molecular complexity index is 313. The standard InChI is InChI=1S/C18H32Si/c1-3-5-7-9-11-16-13-17(15-18(19)14-16)12-10-8-6-4-2/h13-15H,3-12H2,1-2,19H3. The molecular weight excluding hydrogens is 244 g/mol. The van der Waals surface area contributed by atoms with Gasteiger partial charge in [-0.2, -0.15) is 0 Å². The minimum atomic E-state index is 1.19. The van der Waals surface area contributed by atoms with Crippen LogP contribution in [0.2, 0.25) is 0 Å². The highest BCUT2D eigenvalue weighted by molar-refractivity contribution is 6.32. The van der Waals surface area contributed by atoms with E-state index in [4.69, 9.17) is 0 Å². The van der Waals surface area contributed by atoms with Gasteiger partial charge >= 0.3 is 0 Å². The summed E-state index contributed by atoms with van der Waals surface area (Å²) in [6, 6.07) is 7.35. The lowest BCUT2D eigenvalue weighted by Crippen LogP contribution is -2.06. The van der Waals surface area contributed by atoms with Crippen LogP contribution in [-0.2, 0) is 12.8 Å². The first-order valence-electron chi connectivity index (χ1n) is 8.35. The van der Waals surface area contributed by atoms with E-state index in [1.807, 2.05) is 0 Å². The van der Waals surface area contributed by atoms with Gasteiger partial charge in [-0.25, -0.2) is 0 Å². The van der Waals surface area contributed by atoms with Crippen LogP contribution in [0.4, 0.5) is 0 Å². The van der Waals surface area contributed by atoms with Crippen LogP contribution in [0.5, 0.6) is 0 Å². The molecule has 0 unspecified atom stereocenters. The summed E-state index contributed by atoms with van der Waals surface area (Å²) >= 11 is 0. The molecule has 0 radical (unpaired) electrons. The Morgan fingerprint density at radius 1 is 0.684 bits per heavy atom. The average molecular weight is 277 g/mol. The Morgan fingerprint density at radius 3 is 1.58 bits per heavy atom. The molecule has 0 spiro atoms. The molecule has 1 aromatic rings. The van der Waals surface area contributed by atoms with Gasteiger partial charge in [0.15, 0.2) is 0 Å². The van der Waals surface area contributed by atoms with Crippen LogP contribution in [0.1, 0.15) is 76.3 Å². The molecule has 0 bridgehead atoms. The quantitative estimate of drug-likeness (QED) is 0.449. The van der Waals surface area contributed by atoms with E-state index < -0.39 is 0 Å². The molecule has 0 saturated carbocycles. The molecule has 0 aliphatic rings. The largest absolute Gasteiger partial charge is 0.0702 e. The molecule has 0 heterocycles. The Labute approximate surface area is 123 Å². The van der Waals surface area contributed by atoms with E-state index in [2.05, 4.69) is 32.0 Å². The lowest BCUT2D eigenvalue weighted by atomic mass is 10.0. The Kier molecular flexibility index (Phi) is 8.90. The predicted octanol–water partition coefficient (Wildman–Crippen LogP) is 3.92. The second-order valence-corrected chi connectivity index (χ2v) is 7.10. The number of benzene rings is 1. The van der Waals surface area contributed by atoms with E-state index in [1.54, 1.807) is 16.3 Å². The molecule has 0 aliphatic carbocycles. The molecule has 0 amide bonds. The van der Waals surface area contributed by atoms with Crippen LogP contribution in [0.25, 0.3) is 0 Å². The number of hydrogen-bond donors (Lipinski definition) is 0. The van der Waals surface area contributed by atoms with Gasteiger partial charge in [0.1, 0.15) is 0 Å². The van der Waals surface area contributed by atoms with Gasteiger partial charge in [-0.15, -0.1) is 0 Å². The van der Waals surface area contributed by atoms with Gasteiger partial charge in [-0.1, -0.05) is 75.8 Å². The third-order valence-corrected chi connectivity index (χ3v) is 4.41. The van der Waals surface area contributed by atoms with E-state index in [0.29, 0.717) is 0 Å². The van der Waals surface area contributed by atoms with Crippen LogP contribution in [0.3, 0.4) is 0 Å². The van der Waals surface area contributed by atoms with Crippen molar-refractivity contribution in [2.45, 2.75) is 78.1 Å². The lowest BCUT2D eigenvalue weighted by molar-refractivity contribution is 0.661. The molecule has 0 aromatic heterocycles. The number of rotatable bonds is 10. The van der Waals surface area contributed by atoms with Gasteiger partial charge in [-0.05, 0) is 36.8 Å². The van der Waals surface area contributed by atoms with E-state index in [-0.39, 0.29) is 0 Å². The Morgan fingerprint density at radius 2 is 1.16 bits per heavy atom. The molecule has 1 rings (SSSR count). The highest BCUT2D eigenvalue weighted by atomic mass is 28.1. The third kappa shape index (κ3) is 7.56. The maximum Gasteiger partial charge on any atom is 0.0385 e. The molecule has 108 valence electrons. The second-order valence-electron chi connectivity index (χ2n) is 5.95. The van der Waals surface area contributed by atoms with Crippen molar-refractivity contribution in [1.82, 2.24) is 0 Å². The van der Waals surface area contributed by atoms with Crippen LogP contribution in [0.15, 0.2) is 18.2 Å². The summed E-state index contributed by atoms with van der Waals surface area (Å²) in [4.78, 5) is 0. The zero-order chi connectivity index (χ0) is 13.9. The fourth-order valence-electron chi connectivity index (χ4n) is 2.75. The highest BCUT2D eigenvalue weighted by Gasteiger charge is 2.00. The van der Waals surface area contributed by atoms with Crippen molar-refractivity contribution in [3.8, 4) is 0 Å². The van der Waals surface area contributed by atoms with E-state index in [9.17, 15) is 0 Å². The van der Waals surface area contributed by atoms with Gasteiger partial charge in [0.25, 0.3) is 0 Å². The number of unbranched alkanes of at least 4 members (excludes halogenated alkanes) is 6. The topological polar surface area (TPSA) is 0 Å². The summed E-state index contributed by atoms with van der Waals surface area (Å²) in [5.41, 5.74) is 3.18. The summed E-state index contributed by atoms with van der Waals surface area (Å²) < 4.78 is 0. The van der Waals surface area contributed by atoms with Crippen molar-refractivity contribution >= 4 is 15.4 Å². The molecule has 1 aromatic carbocycles. The van der Waals surface area contributed by atoms with Crippen LogP contribution < -0.4 is 5.19 Å². The van der Waals surface area contributed by atoms with E-state index in [1.165, 1.54) is 74.5 Å². The zero-order valence-electron chi connectivity index (χ0n) is 13.3. The number of aryl methyl sites for hydroxylation is 2. The van der Waals surface area contributed by atoms with Gasteiger partial charge < -0.3 is 0 Å². The SMILES string of the molecule is CCCCCCc1cc([SiH3])cc(CCCCCC)c1. The van der Waals surface area contributed by atoms with Gasteiger partial charge in [0.2, 0.25) is 0 Å². The van der Waals surface area contributed by atoms with Gasteiger partial charge in [0, 0.05) is 10.2 Å². The maximum atomic E-state index is 2.47. The van der Waals surface area contributed by atoms with Gasteiger partial charge in [0.05, 0.1) is 0 Å². The van der Waals surface area contributed by atoms with Crippen LogP contribution in [-0.4, -0.2) is 10.2 Å². The van der Waals surface area contributed by atoms with Crippen molar-refractivity contribution in [2.24, 2.45) is 0 Å². The average Bonchev–Trinajstić information content (AvgIpc) is 2.39. The summed E-state index contributed by atoms with van der Waals surface area (Å²) in [7, 11) is 1.19. The molecule has 1 heteroatoms. The monoisotopic (exact) mass is 276 g/mol. The molecule has 0 aliphatic heterocycles. The van der Waals surface area contributed by atoms with Crippen molar-refractivity contribution in [2.75, 3.05) is 0 Å². The summed E-state index contributed by atoms with van der Waals surface area (Å²) in [6.07, 6.45) is 13.6. The van der Waals surface area contributed by atoms with Gasteiger partial charge in [-0.3, -0.25) is 0 Å². The normalized spacial score (nSPS) is 11.1. The molecule has 0 saturated heterocycles. The Balaban J connectivity index is 2.41. The number of hydrogen-bond acceptors (Lipinski definition) is 0. The highest BCUT2D eigenvalue weighted by Crippen LogP contribution is 2.12. The minimum Gasteiger partial charge on any atom is -0.0702 e. The second kappa shape index (κ2) is 10.3. The molecule has 0 nitrogen and oxygen atoms in total. The van der Waals surface area contributed by atoms with Crippen molar-refractivity contribution in [3.05, 3.63) is 29.3 Å². The Hall–Kier alpha value is -0.563. The molecule has 0 atom stereocenters. The van der Waals surface area contributed by atoms with Crippen LogP contribution >= 0.6 is 0 Å². The van der Waals surface area contributed by atoms with Crippen molar-refractivity contribution in [3.63, 3.8) is 0 Å². The summed E-state index contributed by atoms with van der Waals surface area (Å²) in [6.45, 7) is 4.57. The first-order valence-corrected chi connectivity index (χ1v) is 9.35. The predicted molar refractivity (Wildman–Crippen MR) is 91.7 cm³/mol.